The molecule has 0 amide bonds. The van der Waals surface area contributed by atoms with Gasteiger partial charge in [0.25, 0.3) is 0 Å². The third-order valence-electron chi connectivity index (χ3n) is 2.89. The van der Waals surface area contributed by atoms with Crippen LogP contribution in [0.2, 0.25) is 0 Å². The van der Waals surface area contributed by atoms with Crippen molar-refractivity contribution in [2.75, 3.05) is 0 Å². The van der Waals surface area contributed by atoms with Gasteiger partial charge in [0.1, 0.15) is 11.6 Å². The maximum Gasteiger partial charge on any atom is 0.126 e. The van der Waals surface area contributed by atoms with Crippen molar-refractivity contribution >= 4 is 11.3 Å². The summed E-state index contributed by atoms with van der Waals surface area (Å²) < 4.78 is 26.4. The number of thiazole rings is 1. The molecule has 0 aliphatic carbocycles. The molecule has 1 heterocycles. The van der Waals surface area contributed by atoms with Crippen molar-refractivity contribution in [2.45, 2.75) is 33.2 Å². The van der Waals surface area contributed by atoms with E-state index < -0.39 is 11.6 Å². The van der Waals surface area contributed by atoms with Gasteiger partial charge in [0.2, 0.25) is 0 Å². The number of nitrogens with zero attached hydrogens (tertiary/aromatic N) is 1. The smallest absolute Gasteiger partial charge is 0.126 e. The van der Waals surface area contributed by atoms with Crippen molar-refractivity contribution in [3.05, 3.63) is 51.0 Å². The number of hydrogen-bond acceptors (Lipinski definition) is 3. The van der Waals surface area contributed by atoms with Crippen LogP contribution in [0, 0.1) is 17.6 Å². The van der Waals surface area contributed by atoms with Crippen LogP contribution in [0.25, 0.3) is 0 Å². The van der Waals surface area contributed by atoms with Crippen LogP contribution < -0.4 is 5.73 Å². The summed E-state index contributed by atoms with van der Waals surface area (Å²) in [5.74, 6) is -0.613. The maximum absolute atomic E-state index is 13.2. The standard InChI is InChI=1S/C15H18F2N2S/c1-9(2)3-13-14(8-18)20-15(19-13)6-10-4-11(16)7-12(17)5-10/h4-5,7,9H,3,6,8,18H2,1-2H3. The molecule has 2 N–H and O–H groups in total. The lowest BCUT2D eigenvalue weighted by Gasteiger charge is -2.02. The van der Waals surface area contributed by atoms with Crippen LogP contribution in [-0.4, -0.2) is 4.98 Å². The van der Waals surface area contributed by atoms with E-state index in [1.165, 1.54) is 23.5 Å². The lowest BCUT2D eigenvalue weighted by atomic mass is 10.1. The lowest BCUT2D eigenvalue weighted by molar-refractivity contribution is 0.580. The molecule has 0 atom stereocenters. The predicted molar refractivity (Wildman–Crippen MR) is 77.7 cm³/mol. The van der Waals surface area contributed by atoms with Crippen LogP contribution >= 0.6 is 11.3 Å². The Labute approximate surface area is 121 Å². The van der Waals surface area contributed by atoms with E-state index in [4.69, 9.17) is 5.73 Å². The Kier molecular flexibility index (Phi) is 4.83. The van der Waals surface area contributed by atoms with Crippen LogP contribution in [0.1, 0.15) is 35.0 Å². The molecule has 0 radical (unpaired) electrons. The summed E-state index contributed by atoms with van der Waals surface area (Å²) in [7, 11) is 0. The molecule has 2 nitrogen and oxygen atoms in total. The quantitative estimate of drug-likeness (QED) is 0.914. The number of benzene rings is 1. The van der Waals surface area contributed by atoms with E-state index in [0.29, 0.717) is 24.4 Å². The van der Waals surface area contributed by atoms with Gasteiger partial charge in [-0.05, 0) is 30.0 Å². The molecule has 1 aromatic heterocycles. The number of nitrogens with two attached hydrogens (primary N) is 1. The molecule has 1 aromatic carbocycles. The first-order chi connectivity index (χ1) is 9.47. The normalized spacial score (nSPS) is 11.3. The van der Waals surface area contributed by atoms with E-state index in [0.717, 1.165) is 28.1 Å². The Bertz CT molecular complexity index is 573. The molecule has 0 unspecified atom stereocenters. The zero-order valence-electron chi connectivity index (χ0n) is 11.6. The SMILES string of the molecule is CC(C)Cc1nc(Cc2cc(F)cc(F)c2)sc1CN. The Hall–Kier alpha value is -1.33. The summed E-state index contributed by atoms with van der Waals surface area (Å²) in [6.07, 6.45) is 1.31. The van der Waals surface area contributed by atoms with Gasteiger partial charge >= 0.3 is 0 Å². The average molecular weight is 296 g/mol. The Morgan fingerprint density at radius 1 is 1.20 bits per heavy atom. The molecule has 0 saturated carbocycles. The minimum absolute atomic E-state index is 0.435. The van der Waals surface area contributed by atoms with Crippen LogP contribution in [0.3, 0.4) is 0 Å². The van der Waals surface area contributed by atoms with Crippen molar-refractivity contribution in [3.8, 4) is 0 Å². The summed E-state index contributed by atoms with van der Waals surface area (Å²) in [6.45, 7) is 4.71. The third kappa shape index (κ3) is 3.84. The first-order valence-electron chi connectivity index (χ1n) is 6.60. The fraction of sp³-hybridized carbons (Fsp3) is 0.400. The van der Waals surface area contributed by atoms with E-state index in [9.17, 15) is 8.78 Å². The Balaban J connectivity index is 2.22. The molecule has 0 saturated heterocycles. The molecule has 2 aromatic rings. The average Bonchev–Trinajstić information content (AvgIpc) is 2.68. The zero-order chi connectivity index (χ0) is 14.7. The van der Waals surface area contributed by atoms with Crippen LogP contribution in [0.4, 0.5) is 8.78 Å². The largest absolute Gasteiger partial charge is 0.326 e. The molecule has 0 aliphatic heterocycles. The second kappa shape index (κ2) is 6.41. The molecular formula is C15H18F2N2S. The molecule has 5 heteroatoms. The second-order valence-electron chi connectivity index (χ2n) is 5.23. The highest BCUT2D eigenvalue weighted by Crippen LogP contribution is 2.23. The molecule has 0 aliphatic rings. The molecule has 20 heavy (non-hydrogen) atoms. The van der Waals surface area contributed by atoms with Gasteiger partial charge < -0.3 is 5.73 Å². The highest BCUT2D eigenvalue weighted by Gasteiger charge is 2.12. The van der Waals surface area contributed by atoms with E-state index in [-0.39, 0.29) is 0 Å². The zero-order valence-corrected chi connectivity index (χ0v) is 12.4. The van der Waals surface area contributed by atoms with Crippen molar-refractivity contribution in [1.29, 1.82) is 0 Å². The summed E-state index contributed by atoms with van der Waals surface area (Å²) in [5, 5.41) is 0.853. The highest BCUT2D eigenvalue weighted by atomic mass is 32.1. The van der Waals surface area contributed by atoms with Gasteiger partial charge in [-0.15, -0.1) is 11.3 Å². The molecule has 2 rings (SSSR count). The molecule has 0 bridgehead atoms. The molecule has 108 valence electrons. The second-order valence-corrected chi connectivity index (χ2v) is 6.40. The first-order valence-corrected chi connectivity index (χ1v) is 7.42. The van der Waals surface area contributed by atoms with Crippen molar-refractivity contribution < 1.29 is 8.78 Å². The summed E-state index contributed by atoms with van der Waals surface area (Å²) in [4.78, 5) is 5.63. The van der Waals surface area contributed by atoms with Crippen LogP contribution in [0.15, 0.2) is 18.2 Å². The third-order valence-corrected chi connectivity index (χ3v) is 4.01. The van der Waals surface area contributed by atoms with Crippen LogP contribution in [-0.2, 0) is 19.4 Å². The van der Waals surface area contributed by atoms with Gasteiger partial charge in [-0.2, -0.15) is 0 Å². The topological polar surface area (TPSA) is 38.9 Å². The van der Waals surface area contributed by atoms with Gasteiger partial charge in [0.05, 0.1) is 10.7 Å². The van der Waals surface area contributed by atoms with Gasteiger partial charge in [-0.1, -0.05) is 13.8 Å². The number of halogens is 2. The maximum atomic E-state index is 13.2. The fourth-order valence-electron chi connectivity index (χ4n) is 2.11. The van der Waals surface area contributed by atoms with Gasteiger partial charge in [0, 0.05) is 23.9 Å². The van der Waals surface area contributed by atoms with E-state index in [1.807, 2.05) is 0 Å². The van der Waals surface area contributed by atoms with E-state index in [2.05, 4.69) is 18.8 Å². The molecule has 0 spiro atoms. The van der Waals surface area contributed by atoms with Gasteiger partial charge in [-0.25, -0.2) is 13.8 Å². The minimum atomic E-state index is -0.557. The van der Waals surface area contributed by atoms with Crippen molar-refractivity contribution in [1.82, 2.24) is 4.98 Å². The summed E-state index contributed by atoms with van der Waals surface area (Å²) >= 11 is 1.53. The fourth-order valence-corrected chi connectivity index (χ4v) is 3.11. The highest BCUT2D eigenvalue weighted by molar-refractivity contribution is 7.11. The monoisotopic (exact) mass is 296 g/mol. The molecule has 0 fully saturated rings. The van der Waals surface area contributed by atoms with Crippen molar-refractivity contribution in [3.63, 3.8) is 0 Å². The van der Waals surface area contributed by atoms with E-state index in [1.54, 1.807) is 0 Å². The Morgan fingerprint density at radius 3 is 2.40 bits per heavy atom. The Morgan fingerprint density at radius 2 is 1.85 bits per heavy atom. The number of rotatable bonds is 5. The molecular weight excluding hydrogens is 278 g/mol. The van der Waals surface area contributed by atoms with Gasteiger partial charge in [0.15, 0.2) is 0 Å². The van der Waals surface area contributed by atoms with Crippen molar-refractivity contribution in [2.24, 2.45) is 11.7 Å². The number of hydrogen-bond donors (Lipinski definition) is 1. The van der Waals surface area contributed by atoms with Gasteiger partial charge in [-0.3, -0.25) is 0 Å². The number of aromatic nitrogens is 1. The lowest BCUT2D eigenvalue weighted by Crippen LogP contribution is -2.02. The summed E-state index contributed by atoms with van der Waals surface area (Å²) in [6, 6.07) is 3.56. The van der Waals surface area contributed by atoms with E-state index >= 15 is 0 Å². The predicted octanol–water partition coefficient (Wildman–Crippen LogP) is 3.67. The first kappa shape index (κ1) is 15.1. The van der Waals surface area contributed by atoms with Crippen LogP contribution in [0.5, 0.6) is 0 Å². The summed E-state index contributed by atoms with van der Waals surface area (Å²) in [5.41, 5.74) is 7.34. The minimum Gasteiger partial charge on any atom is -0.326 e.